The molecular weight excluding hydrogens is 317 g/mol. The summed E-state index contributed by atoms with van der Waals surface area (Å²) in [5, 5.41) is 0. The van der Waals surface area contributed by atoms with Gasteiger partial charge in [0.1, 0.15) is 23.9 Å². The fourth-order valence-electron chi connectivity index (χ4n) is 3.39. The Morgan fingerprint density at radius 1 is 1.52 bits per heavy atom. The number of carbonyl (C=O) groups is 1. The maximum Gasteiger partial charge on any atom is 0.411 e. The van der Waals surface area contributed by atoms with Crippen molar-refractivity contribution in [1.82, 2.24) is 0 Å². The van der Waals surface area contributed by atoms with Crippen LogP contribution >= 0.6 is 0 Å². The molecule has 1 aliphatic carbocycles. The third-order valence-electron chi connectivity index (χ3n) is 4.64. The standard InChI is InChI=1S/C15H21F3O5/c1-13(10(23-13)4-6-21-8-15(16,17)18)12-11(20-2)9(19)3-5-14(12)7-22-14/h10-12H,3-8H2,1-2H3/t10-,11-,12-,13?,14+/m1/s1/i3D2,11D. The summed E-state index contributed by atoms with van der Waals surface area (Å²) in [7, 11) is 1.16. The fourth-order valence-corrected chi connectivity index (χ4v) is 3.39. The zero-order valence-electron chi connectivity index (χ0n) is 15.9. The molecule has 23 heavy (non-hydrogen) atoms. The van der Waals surface area contributed by atoms with Gasteiger partial charge in [-0.1, -0.05) is 0 Å². The van der Waals surface area contributed by atoms with E-state index in [1.807, 2.05) is 0 Å². The molecule has 8 heteroatoms. The van der Waals surface area contributed by atoms with Crippen molar-refractivity contribution in [2.24, 2.45) is 5.92 Å². The number of hydrogen-bond acceptors (Lipinski definition) is 5. The first-order valence-electron chi connectivity index (χ1n) is 8.87. The minimum Gasteiger partial charge on any atom is -0.373 e. The number of ether oxygens (including phenoxy) is 4. The van der Waals surface area contributed by atoms with Gasteiger partial charge in [-0.25, -0.2) is 0 Å². The van der Waals surface area contributed by atoms with Gasteiger partial charge >= 0.3 is 6.18 Å². The van der Waals surface area contributed by atoms with Crippen LogP contribution in [0.4, 0.5) is 13.2 Å². The summed E-state index contributed by atoms with van der Waals surface area (Å²) in [5.41, 5.74) is -2.09. The lowest BCUT2D eigenvalue weighted by Crippen LogP contribution is -2.53. The second-order valence-corrected chi connectivity index (χ2v) is 6.28. The lowest BCUT2D eigenvalue weighted by Gasteiger charge is -2.37. The van der Waals surface area contributed by atoms with E-state index in [0.717, 1.165) is 7.11 Å². The predicted molar refractivity (Wildman–Crippen MR) is 72.0 cm³/mol. The molecule has 132 valence electrons. The van der Waals surface area contributed by atoms with Crippen LogP contribution in [0.1, 0.15) is 30.3 Å². The zero-order valence-corrected chi connectivity index (χ0v) is 12.9. The fraction of sp³-hybridized carbons (Fsp3) is 0.933. The van der Waals surface area contributed by atoms with Crippen molar-refractivity contribution in [3.8, 4) is 0 Å². The molecule has 3 aliphatic rings. The van der Waals surface area contributed by atoms with Crippen molar-refractivity contribution in [1.29, 1.82) is 0 Å². The molecule has 5 atom stereocenters. The maximum absolute atomic E-state index is 12.5. The van der Waals surface area contributed by atoms with Gasteiger partial charge in [0.05, 0.1) is 20.0 Å². The van der Waals surface area contributed by atoms with Crippen molar-refractivity contribution in [2.45, 2.75) is 55.7 Å². The van der Waals surface area contributed by atoms with Crippen LogP contribution in [0, 0.1) is 5.92 Å². The molecule has 2 aliphatic heterocycles. The lowest BCUT2D eigenvalue weighted by atomic mass is 9.69. The van der Waals surface area contributed by atoms with Crippen LogP contribution in [0.3, 0.4) is 0 Å². The van der Waals surface area contributed by atoms with Crippen LogP contribution in [-0.2, 0) is 23.7 Å². The third kappa shape index (κ3) is 3.26. The summed E-state index contributed by atoms with van der Waals surface area (Å²) >= 11 is 0. The number of rotatable bonds is 6. The highest BCUT2D eigenvalue weighted by Crippen LogP contribution is 2.58. The molecular formula is C15H21F3O5. The van der Waals surface area contributed by atoms with Crippen molar-refractivity contribution in [2.75, 3.05) is 26.9 Å². The van der Waals surface area contributed by atoms with E-state index in [1.165, 1.54) is 0 Å². The molecule has 3 rings (SSSR count). The van der Waals surface area contributed by atoms with E-state index < -0.39 is 54.2 Å². The largest absolute Gasteiger partial charge is 0.411 e. The van der Waals surface area contributed by atoms with Crippen LogP contribution in [0.5, 0.6) is 0 Å². The third-order valence-corrected chi connectivity index (χ3v) is 4.64. The Morgan fingerprint density at radius 2 is 2.22 bits per heavy atom. The number of hydrogen-bond donors (Lipinski definition) is 0. The second-order valence-electron chi connectivity index (χ2n) is 6.28. The Balaban J connectivity index is 1.72. The molecule has 1 saturated carbocycles. The van der Waals surface area contributed by atoms with Gasteiger partial charge in [-0.3, -0.25) is 4.79 Å². The van der Waals surface area contributed by atoms with Crippen molar-refractivity contribution < 1.29 is 41.0 Å². The van der Waals surface area contributed by atoms with Gasteiger partial charge < -0.3 is 18.9 Å². The minimum atomic E-state index is -4.41. The van der Waals surface area contributed by atoms with E-state index in [-0.39, 0.29) is 26.1 Å². The van der Waals surface area contributed by atoms with Crippen molar-refractivity contribution in [3.05, 3.63) is 0 Å². The van der Waals surface area contributed by atoms with Crippen molar-refractivity contribution in [3.63, 3.8) is 0 Å². The molecule has 3 fully saturated rings. The number of halogens is 3. The van der Waals surface area contributed by atoms with Gasteiger partial charge in [-0.15, -0.1) is 0 Å². The molecule has 0 amide bonds. The monoisotopic (exact) mass is 341 g/mol. The maximum atomic E-state index is 12.5. The van der Waals surface area contributed by atoms with Crippen LogP contribution < -0.4 is 0 Å². The van der Waals surface area contributed by atoms with Gasteiger partial charge in [0.15, 0.2) is 5.78 Å². The Labute approximate surface area is 136 Å². The summed E-state index contributed by atoms with van der Waals surface area (Å²) in [4.78, 5) is 12.5. The molecule has 1 unspecified atom stereocenters. The van der Waals surface area contributed by atoms with Gasteiger partial charge in [0.2, 0.25) is 0 Å². The minimum absolute atomic E-state index is 0.153. The molecule has 0 aromatic rings. The van der Waals surface area contributed by atoms with E-state index in [4.69, 9.17) is 18.3 Å². The predicted octanol–water partition coefficient (Wildman–Crippen LogP) is 1.88. The molecule has 0 radical (unpaired) electrons. The Bertz CT molecular complexity index is 598. The van der Waals surface area contributed by atoms with Gasteiger partial charge in [0.25, 0.3) is 0 Å². The quantitative estimate of drug-likeness (QED) is 0.545. The topological polar surface area (TPSA) is 60.6 Å². The average Bonchev–Trinajstić information content (AvgIpc) is 3.40. The summed E-state index contributed by atoms with van der Waals surface area (Å²) in [5.74, 6) is -1.89. The lowest BCUT2D eigenvalue weighted by molar-refractivity contribution is -0.174. The van der Waals surface area contributed by atoms with Crippen molar-refractivity contribution >= 4 is 5.78 Å². The number of epoxide rings is 2. The first-order chi connectivity index (χ1) is 11.8. The Kier molecular flexibility index (Phi) is 3.35. The molecule has 2 saturated heterocycles. The summed E-state index contributed by atoms with van der Waals surface area (Å²) in [6.45, 7) is 0.274. The van der Waals surface area contributed by atoms with E-state index in [1.54, 1.807) is 6.92 Å². The number of alkyl halides is 3. The first-order valence-corrected chi connectivity index (χ1v) is 7.37. The van der Waals surface area contributed by atoms with E-state index >= 15 is 0 Å². The summed E-state index contributed by atoms with van der Waals surface area (Å²) in [6, 6.07) is 0. The highest BCUT2D eigenvalue weighted by atomic mass is 19.4. The molecule has 0 aromatic carbocycles. The SMILES string of the molecule is [2H]C1([2H])C[C@]2(CO2)[C@@H](C2(C)O[C@@H]2CCOCC(F)(F)F)[C@]([2H])(OC)C1=O. The molecule has 5 nitrogen and oxygen atoms in total. The number of methoxy groups -OCH3 is 1. The van der Waals surface area contributed by atoms with Crippen LogP contribution in [0.25, 0.3) is 0 Å². The molecule has 1 spiro atoms. The Hall–Kier alpha value is -0.700. The summed E-state index contributed by atoms with van der Waals surface area (Å²) < 4.78 is 81.6. The highest BCUT2D eigenvalue weighted by Gasteiger charge is 2.71. The zero-order chi connectivity index (χ0) is 19.6. The van der Waals surface area contributed by atoms with E-state index in [0.29, 0.717) is 0 Å². The number of Topliss-reactive ketones (excluding diaryl/α,β-unsaturated/α-hetero) is 1. The van der Waals surface area contributed by atoms with E-state index in [9.17, 15) is 18.0 Å². The number of ketones is 1. The molecule has 0 N–H and O–H groups in total. The van der Waals surface area contributed by atoms with Crippen LogP contribution in [0.15, 0.2) is 0 Å². The first kappa shape index (κ1) is 13.6. The highest BCUT2D eigenvalue weighted by molar-refractivity contribution is 5.85. The van der Waals surface area contributed by atoms with Gasteiger partial charge in [-0.05, 0) is 19.8 Å². The van der Waals surface area contributed by atoms with Gasteiger partial charge in [0, 0.05) is 22.8 Å². The van der Waals surface area contributed by atoms with Crippen LogP contribution in [0.2, 0.25) is 0 Å². The second kappa shape index (κ2) is 5.68. The average molecular weight is 341 g/mol. The van der Waals surface area contributed by atoms with Gasteiger partial charge in [-0.2, -0.15) is 13.2 Å². The van der Waals surface area contributed by atoms with E-state index in [2.05, 4.69) is 4.74 Å². The smallest absolute Gasteiger partial charge is 0.373 e. The van der Waals surface area contributed by atoms with Crippen LogP contribution in [-0.4, -0.2) is 62.3 Å². The molecule has 2 heterocycles. The molecule has 0 aromatic heterocycles. The Morgan fingerprint density at radius 3 is 2.78 bits per heavy atom. The molecule has 0 bridgehead atoms. The number of carbonyl (C=O) groups excluding carboxylic acids is 1. The normalized spacial score (nSPS) is 50.3. The summed E-state index contributed by atoms with van der Waals surface area (Å²) in [6.07, 6.45) is -9.45.